The summed E-state index contributed by atoms with van der Waals surface area (Å²) in [5.41, 5.74) is 0.484. The molecule has 1 fully saturated rings. The lowest BCUT2D eigenvalue weighted by molar-refractivity contribution is 0.372. The molecule has 1 saturated heterocycles. The van der Waals surface area contributed by atoms with E-state index in [-0.39, 0.29) is 28.6 Å². The van der Waals surface area contributed by atoms with Gasteiger partial charge in [0.15, 0.2) is 21.5 Å². The average Bonchev–Trinajstić information content (AvgIpc) is 2.79. The van der Waals surface area contributed by atoms with Gasteiger partial charge < -0.3 is 5.32 Å². The molecule has 1 heterocycles. The number of benzene rings is 1. The number of hydrogen-bond acceptors (Lipinski definition) is 3. The third-order valence-corrected chi connectivity index (χ3v) is 5.79. The Morgan fingerprint density at radius 1 is 1.33 bits per heavy atom. The normalized spacial score (nSPS) is 22.4. The Balaban J connectivity index is 2.35. The molecule has 21 heavy (non-hydrogen) atoms. The van der Waals surface area contributed by atoms with Crippen molar-refractivity contribution in [2.45, 2.75) is 32.7 Å². The van der Waals surface area contributed by atoms with E-state index in [1.165, 1.54) is 13.0 Å². The van der Waals surface area contributed by atoms with E-state index < -0.39 is 27.5 Å². The van der Waals surface area contributed by atoms with Gasteiger partial charge >= 0.3 is 0 Å². The molecular formula is C15H21F2NO2S. The maximum Gasteiger partial charge on any atom is 0.163 e. The highest BCUT2D eigenvalue weighted by molar-refractivity contribution is 7.91. The quantitative estimate of drug-likeness (QED) is 0.908. The molecular weight excluding hydrogens is 296 g/mol. The van der Waals surface area contributed by atoms with Crippen molar-refractivity contribution in [2.24, 2.45) is 5.92 Å². The van der Waals surface area contributed by atoms with Crippen LogP contribution in [-0.2, 0) is 9.84 Å². The lowest BCUT2D eigenvalue weighted by Gasteiger charge is -2.25. The molecule has 0 aromatic heterocycles. The first-order chi connectivity index (χ1) is 9.85. The van der Waals surface area contributed by atoms with E-state index in [2.05, 4.69) is 5.32 Å². The van der Waals surface area contributed by atoms with E-state index in [4.69, 9.17) is 0 Å². The molecule has 2 atom stereocenters. The van der Waals surface area contributed by atoms with Gasteiger partial charge in [-0.2, -0.15) is 0 Å². The Morgan fingerprint density at radius 2 is 2.05 bits per heavy atom. The first-order valence-electron chi connectivity index (χ1n) is 7.24. The van der Waals surface area contributed by atoms with E-state index in [9.17, 15) is 17.2 Å². The third kappa shape index (κ3) is 3.61. The van der Waals surface area contributed by atoms with Gasteiger partial charge in [0.25, 0.3) is 0 Å². The van der Waals surface area contributed by atoms with Crippen molar-refractivity contribution in [3.05, 3.63) is 34.9 Å². The number of rotatable bonds is 5. The minimum Gasteiger partial charge on any atom is -0.310 e. The number of sulfone groups is 1. The molecule has 1 aliphatic rings. The molecule has 1 aromatic rings. The van der Waals surface area contributed by atoms with Crippen LogP contribution in [0.3, 0.4) is 0 Å². The smallest absolute Gasteiger partial charge is 0.163 e. The first kappa shape index (κ1) is 16.4. The Morgan fingerprint density at radius 3 is 2.62 bits per heavy atom. The molecule has 0 spiro atoms. The topological polar surface area (TPSA) is 46.2 Å². The fourth-order valence-electron chi connectivity index (χ4n) is 2.82. The Kier molecular flexibility index (Phi) is 4.99. The molecule has 1 aliphatic heterocycles. The number of halogens is 2. The van der Waals surface area contributed by atoms with Crippen LogP contribution >= 0.6 is 0 Å². The summed E-state index contributed by atoms with van der Waals surface area (Å²) in [6, 6.07) is 2.64. The maximum atomic E-state index is 14.2. The van der Waals surface area contributed by atoms with Crippen molar-refractivity contribution in [3.63, 3.8) is 0 Å². The Hall–Kier alpha value is -1.01. The highest BCUT2D eigenvalue weighted by Crippen LogP contribution is 2.33. The van der Waals surface area contributed by atoms with Crippen LogP contribution in [0.5, 0.6) is 0 Å². The van der Waals surface area contributed by atoms with Gasteiger partial charge in [0, 0.05) is 11.6 Å². The average molecular weight is 317 g/mol. The zero-order valence-electron chi connectivity index (χ0n) is 12.3. The van der Waals surface area contributed by atoms with Crippen LogP contribution in [-0.4, -0.2) is 26.5 Å². The molecule has 2 unspecified atom stereocenters. The van der Waals surface area contributed by atoms with Gasteiger partial charge in [0.05, 0.1) is 11.5 Å². The second-order valence-corrected chi connectivity index (χ2v) is 7.92. The summed E-state index contributed by atoms with van der Waals surface area (Å²) in [6.07, 6.45) is 1.32. The highest BCUT2D eigenvalue weighted by Gasteiger charge is 2.35. The molecule has 0 radical (unpaired) electrons. The van der Waals surface area contributed by atoms with Crippen molar-refractivity contribution in [1.82, 2.24) is 5.32 Å². The molecule has 2 rings (SSSR count). The fraction of sp³-hybridized carbons (Fsp3) is 0.600. The van der Waals surface area contributed by atoms with Crippen molar-refractivity contribution < 1.29 is 17.2 Å². The molecule has 118 valence electrons. The highest BCUT2D eigenvalue weighted by atomic mass is 32.2. The third-order valence-electron chi connectivity index (χ3n) is 3.99. The molecule has 1 aromatic carbocycles. The molecule has 0 bridgehead atoms. The lowest BCUT2D eigenvalue weighted by atomic mass is 9.91. The summed E-state index contributed by atoms with van der Waals surface area (Å²) in [7, 11) is -3.06. The lowest BCUT2D eigenvalue weighted by Crippen LogP contribution is -2.31. The first-order valence-corrected chi connectivity index (χ1v) is 9.06. The van der Waals surface area contributed by atoms with E-state index in [0.29, 0.717) is 13.0 Å². The van der Waals surface area contributed by atoms with E-state index in [0.717, 1.165) is 6.42 Å². The number of hydrogen-bond donors (Lipinski definition) is 1. The molecule has 0 amide bonds. The fourth-order valence-corrected chi connectivity index (χ4v) is 4.66. The second kappa shape index (κ2) is 6.40. The Labute approximate surface area is 124 Å². The van der Waals surface area contributed by atoms with Gasteiger partial charge in [0.1, 0.15) is 0 Å². The van der Waals surface area contributed by atoms with Crippen molar-refractivity contribution >= 4 is 9.84 Å². The van der Waals surface area contributed by atoms with Gasteiger partial charge in [-0.15, -0.1) is 0 Å². The molecule has 3 nitrogen and oxygen atoms in total. The largest absolute Gasteiger partial charge is 0.310 e. The zero-order valence-corrected chi connectivity index (χ0v) is 13.1. The standard InChI is InChI=1S/C15H21F2NO2S/c1-3-7-18-15(11-6-8-21(19,20)9-11)12-5-4-10(2)13(16)14(12)17/h4-5,11,15,18H,3,6-9H2,1-2H3. The summed E-state index contributed by atoms with van der Waals surface area (Å²) < 4.78 is 51.3. The van der Waals surface area contributed by atoms with E-state index in [1.807, 2.05) is 6.92 Å². The molecule has 0 aliphatic carbocycles. The van der Waals surface area contributed by atoms with Crippen LogP contribution in [0.15, 0.2) is 12.1 Å². The summed E-state index contributed by atoms with van der Waals surface area (Å²) in [6.45, 7) is 4.12. The van der Waals surface area contributed by atoms with Gasteiger partial charge in [-0.05, 0) is 37.8 Å². The van der Waals surface area contributed by atoms with Crippen molar-refractivity contribution in [3.8, 4) is 0 Å². The van der Waals surface area contributed by atoms with Crippen molar-refractivity contribution in [2.75, 3.05) is 18.1 Å². The zero-order chi connectivity index (χ0) is 15.6. The summed E-state index contributed by atoms with van der Waals surface area (Å²) in [5, 5.41) is 3.18. The molecule has 0 saturated carbocycles. The predicted octanol–water partition coefficient (Wildman–Crippen LogP) is 2.75. The summed E-state index contributed by atoms with van der Waals surface area (Å²) in [5.74, 6) is -1.77. The monoisotopic (exact) mass is 317 g/mol. The maximum absolute atomic E-state index is 14.2. The van der Waals surface area contributed by atoms with Crippen LogP contribution < -0.4 is 5.32 Å². The molecule has 6 heteroatoms. The SMILES string of the molecule is CCCNC(c1ccc(C)c(F)c1F)C1CCS(=O)(=O)C1. The van der Waals surface area contributed by atoms with E-state index >= 15 is 0 Å². The predicted molar refractivity (Wildman–Crippen MR) is 78.9 cm³/mol. The minimum absolute atomic E-state index is 0.0311. The van der Waals surface area contributed by atoms with Crippen molar-refractivity contribution in [1.29, 1.82) is 0 Å². The van der Waals surface area contributed by atoms with Crippen LogP contribution in [0, 0.1) is 24.5 Å². The van der Waals surface area contributed by atoms with Gasteiger partial charge in [-0.1, -0.05) is 19.1 Å². The number of nitrogens with one attached hydrogen (secondary N) is 1. The molecule has 1 N–H and O–H groups in total. The minimum atomic E-state index is -3.06. The van der Waals surface area contributed by atoms with Crippen LogP contribution in [0.4, 0.5) is 8.78 Å². The second-order valence-electron chi connectivity index (χ2n) is 5.69. The van der Waals surface area contributed by atoms with E-state index in [1.54, 1.807) is 6.07 Å². The van der Waals surface area contributed by atoms with Gasteiger partial charge in [0.2, 0.25) is 0 Å². The Bertz CT molecular complexity index is 616. The summed E-state index contributed by atoms with van der Waals surface area (Å²) >= 11 is 0. The van der Waals surface area contributed by atoms with Gasteiger partial charge in [-0.25, -0.2) is 17.2 Å². The number of aryl methyl sites for hydroxylation is 1. The van der Waals surface area contributed by atoms with Crippen LogP contribution in [0.25, 0.3) is 0 Å². The van der Waals surface area contributed by atoms with Crippen LogP contribution in [0.1, 0.15) is 36.9 Å². The van der Waals surface area contributed by atoms with Gasteiger partial charge in [-0.3, -0.25) is 0 Å². The summed E-state index contributed by atoms with van der Waals surface area (Å²) in [4.78, 5) is 0. The van der Waals surface area contributed by atoms with Crippen LogP contribution in [0.2, 0.25) is 0 Å².